The molecule has 6 heteroatoms. The molecule has 2 aromatic rings. The fraction of sp³-hybridized carbons (Fsp3) is 0.520. The lowest BCUT2D eigenvalue weighted by Gasteiger charge is -2.28. The van der Waals surface area contributed by atoms with Gasteiger partial charge in [0.05, 0.1) is 6.54 Å². The highest BCUT2D eigenvalue weighted by Gasteiger charge is 2.22. The number of methoxy groups -OCH3 is 1. The molecule has 0 radical (unpaired) electrons. The highest BCUT2D eigenvalue weighted by molar-refractivity contribution is 5.96. The third-order valence-corrected chi connectivity index (χ3v) is 5.54. The van der Waals surface area contributed by atoms with E-state index in [0.717, 1.165) is 25.0 Å². The van der Waals surface area contributed by atoms with Crippen molar-refractivity contribution in [3.63, 3.8) is 0 Å². The molecule has 0 aliphatic carbocycles. The number of aromatic nitrogens is 1. The van der Waals surface area contributed by atoms with Gasteiger partial charge in [0.15, 0.2) is 0 Å². The van der Waals surface area contributed by atoms with Crippen LogP contribution in [0.5, 0.6) is 0 Å². The number of unbranched alkanes of at least 4 members (excludes halogenated alkanes) is 1. The normalized spacial score (nSPS) is 10.8. The number of benzene rings is 1. The second kappa shape index (κ2) is 13.0. The summed E-state index contributed by atoms with van der Waals surface area (Å²) in [5, 5.41) is 0. The number of ether oxygens (including phenoxy) is 1. The number of aryl methyl sites for hydroxylation is 2. The third kappa shape index (κ3) is 7.55. The van der Waals surface area contributed by atoms with Gasteiger partial charge in [0, 0.05) is 51.3 Å². The molecular formula is C25H37N3O3. The van der Waals surface area contributed by atoms with E-state index in [1.54, 1.807) is 12.0 Å². The maximum Gasteiger partial charge on any atom is 0.254 e. The molecule has 31 heavy (non-hydrogen) atoms. The molecule has 0 saturated heterocycles. The second-order valence-corrected chi connectivity index (χ2v) is 7.90. The van der Waals surface area contributed by atoms with Gasteiger partial charge in [0.2, 0.25) is 5.91 Å². The Kier molecular flexibility index (Phi) is 10.3. The minimum absolute atomic E-state index is 0.0226. The van der Waals surface area contributed by atoms with Gasteiger partial charge in [-0.1, -0.05) is 32.4 Å². The van der Waals surface area contributed by atoms with E-state index in [9.17, 15) is 9.59 Å². The molecule has 0 saturated carbocycles. The van der Waals surface area contributed by atoms with Crippen molar-refractivity contribution in [3.05, 3.63) is 59.4 Å². The summed E-state index contributed by atoms with van der Waals surface area (Å²) in [4.78, 5) is 30.0. The molecule has 0 fully saturated rings. The highest BCUT2D eigenvalue weighted by atomic mass is 16.5. The number of hydrogen-bond donors (Lipinski definition) is 0. The molecule has 1 aromatic heterocycles. The van der Waals surface area contributed by atoms with E-state index >= 15 is 0 Å². The van der Waals surface area contributed by atoms with Crippen LogP contribution in [0, 0.1) is 0 Å². The summed E-state index contributed by atoms with van der Waals surface area (Å²) in [5.41, 5.74) is 2.88. The number of rotatable bonds is 13. The van der Waals surface area contributed by atoms with Gasteiger partial charge in [-0.05, 0) is 49.1 Å². The number of carbonyl (C=O) groups excluding carboxylic acids is 2. The minimum atomic E-state index is -0.110. The molecule has 0 atom stereocenters. The van der Waals surface area contributed by atoms with Crippen LogP contribution in [0.2, 0.25) is 0 Å². The third-order valence-electron chi connectivity index (χ3n) is 5.54. The molecule has 0 spiro atoms. The Balaban J connectivity index is 2.15. The molecule has 0 N–H and O–H groups in total. The fourth-order valence-corrected chi connectivity index (χ4v) is 3.48. The first-order chi connectivity index (χ1) is 15.0. The average Bonchev–Trinajstić information content (AvgIpc) is 3.19. The maximum absolute atomic E-state index is 13.3. The highest BCUT2D eigenvalue weighted by Crippen LogP contribution is 2.12. The van der Waals surface area contributed by atoms with Crippen LogP contribution in [-0.4, -0.2) is 59.5 Å². The lowest BCUT2D eigenvalue weighted by atomic mass is 10.1. The van der Waals surface area contributed by atoms with E-state index in [2.05, 4.69) is 13.8 Å². The predicted molar refractivity (Wildman–Crippen MR) is 124 cm³/mol. The molecule has 6 nitrogen and oxygen atoms in total. The number of nitrogens with zero attached hydrogens (tertiary/aromatic N) is 3. The summed E-state index contributed by atoms with van der Waals surface area (Å²) in [6.45, 7) is 6.55. The molecule has 0 aliphatic rings. The smallest absolute Gasteiger partial charge is 0.254 e. The molecule has 0 unspecified atom stereocenters. The zero-order valence-electron chi connectivity index (χ0n) is 19.5. The monoisotopic (exact) mass is 427 g/mol. The van der Waals surface area contributed by atoms with Crippen molar-refractivity contribution in [1.29, 1.82) is 0 Å². The van der Waals surface area contributed by atoms with E-state index < -0.39 is 0 Å². The Morgan fingerprint density at radius 2 is 1.71 bits per heavy atom. The van der Waals surface area contributed by atoms with E-state index in [1.165, 1.54) is 5.56 Å². The van der Waals surface area contributed by atoms with Crippen LogP contribution in [0.3, 0.4) is 0 Å². The molecule has 1 heterocycles. The molecule has 2 amide bonds. The van der Waals surface area contributed by atoms with Crippen molar-refractivity contribution < 1.29 is 14.3 Å². The van der Waals surface area contributed by atoms with Crippen molar-refractivity contribution in [3.8, 4) is 0 Å². The van der Waals surface area contributed by atoms with Crippen molar-refractivity contribution in [1.82, 2.24) is 14.4 Å². The van der Waals surface area contributed by atoms with Gasteiger partial charge in [-0.2, -0.15) is 0 Å². The Hall–Kier alpha value is -2.60. The van der Waals surface area contributed by atoms with Gasteiger partial charge < -0.3 is 19.1 Å². The van der Waals surface area contributed by atoms with Crippen LogP contribution in [-0.2, 0) is 29.5 Å². The number of carbonyl (C=O) groups is 2. The van der Waals surface area contributed by atoms with Gasteiger partial charge in [-0.3, -0.25) is 9.59 Å². The maximum atomic E-state index is 13.3. The molecular weight excluding hydrogens is 390 g/mol. The van der Waals surface area contributed by atoms with Crippen LogP contribution in [0.25, 0.3) is 0 Å². The lowest BCUT2D eigenvalue weighted by molar-refractivity contribution is -0.132. The topological polar surface area (TPSA) is 54.8 Å². The predicted octanol–water partition coefficient (Wildman–Crippen LogP) is 3.90. The van der Waals surface area contributed by atoms with Gasteiger partial charge in [-0.25, -0.2) is 0 Å². The summed E-state index contributed by atoms with van der Waals surface area (Å²) in [6, 6.07) is 11.7. The standard InChI is InChI=1S/C25H37N3O3/c1-5-7-16-27(19-23-10-8-15-26(23)3)24(29)20-28(17-9-18-31-4)25(30)22-13-11-21(6-2)12-14-22/h8,10-15H,5-7,9,16-20H2,1-4H3. The van der Waals surface area contributed by atoms with Gasteiger partial charge >= 0.3 is 0 Å². The van der Waals surface area contributed by atoms with E-state index in [-0.39, 0.29) is 18.4 Å². The first kappa shape index (κ1) is 24.7. The first-order valence-electron chi connectivity index (χ1n) is 11.2. The number of hydrogen-bond acceptors (Lipinski definition) is 3. The van der Waals surface area contributed by atoms with E-state index in [1.807, 2.05) is 59.1 Å². The van der Waals surface area contributed by atoms with Crippen LogP contribution >= 0.6 is 0 Å². The lowest BCUT2D eigenvalue weighted by Crippen LogP contribution is -2.43. The Morgan fingerprint density at radius 3 is 2.29 bits per heavy atom. The fourth-order valence-electron chi connectivity index (χ4n) is 3.48. The molecule has 2 rings (SSSR count). The first-order valence-corrected chi connectivity index (χ1v) is 11.2. The summed E-state index contributed by atoms with van der Waals surface area (Å²) in [6.07, 6.45) is 5.55. The molecule has 0 bridgehead atoms. The Morgan fingerprint density at radius 1 is 1.00 bits per heavy atom. The summed E-state index contributed by atoms with van der Waals surface area (Å²) in [5.74, 6) is -0.132. The molecule has 0 aliphatic heterocycles. The van der Waals surface area contributed by atoms with E-state index in [4.69, 9.17) is 4.74 Å². The SMILES string of the molecule is CCCCN(Cc1cccn1C)C(=O)CN(CCCOC)C(=O)c1ccc(CC)cc1. The Labute approximate surface area is 186 Å². The molecule has 170 valence electrons. The van der Waals surface area contributed by atoms with Crippen LogP contribution < -0.4 is 0 Å². The summed E-state index contributed by atoms with van der Waals surface area (Å²) in [7, 11) is 3.63. The zero-order valence-corrected chi connectivity index (χ0v) is 19.5. The van der Waals surface area contributed by atoms with Gasteiger partial charge in [0.25, 0.3) is 5.91 Å². The van der Waals surface area contributed by atoms with Crippen molar-refractivity contribution >= 4 is 11.8 Å². The largest absolute Gasteiger partial charge is 0.385 e. The van der Waals surface area contributed by atoms with Crippen LogP contribution in [0.4, 0.5) is 0 Å². The zero-order chi connectivity index (χ0) is 22.6. The minimum Gasteiger partial charge on any atom is -0.385 e. The summed E-state index contributed by atoms with van der Waals surface area (Å²) < 4.78 is 7.19. The quantitative estimate of drug-likeness (QED) is 0.456. The van der Waals surface area contributed by atoms with Crippen molar-refractivity contribution in [2.75, 3.05) is 33.4 Å². The van der Waals surface area contributed by atoms with Crippen LogP contribution in [0.1, 0.15) is 54.7 Å². The van der Waals surface area contributed by atoms with E-state index in [0.29, 0.717) is 38.2 Å². The second-order valence-electron chi connectivity index (χ2n) is 7.90. The van der Waals surface area contributed by atoms with Crippen molar-refractivity contribution in [2.45, 2.75) is 46.1 Å². The van der Waals surface area contributed by atoms with Gasteiger partial charge in [-0.15, -0.1) is 0 Å². The summed E-state index contributed by atoms with van der Waals surface area (Å²) >= 11 is 0. The number of amides is 2. The van der Waals surface area contributed by atoms with Gasteiger partial charge in [0.1, 0.15) is 6.54 Å². The van der Waals surface area contributed by atoms with Crippen molar-refractivity contribution in [2.24, 2.45) is 7.05 Å². The molecule has 1 aromatic carbocycles. The Bertz CT molecular complexity index is 814. The average molecular weight is 428 g/mol. The van der Waals surface area contributed by atoms with Crippen LogP contribution in [0.15, 0.2) is 42.6 Å².